The van der Waals surface area contributed by atoms with Crippen molar-refractivity contribution in [3.8, 4) is 34.9 Å². The number of phenolic OH excluding ortho intramolecular Hbond substituents is 1. The average molecular weight is 636 g/mol. The Morgan fingerprint density at radius 1 is 1.16 bits per heavy atom. The maximum absolute atomic E-state index is 15.6. The molecule has 0 aliphatic carbocycles. The summed E-state index contributed by atoms with van der Waals surface area (Å²) in [7, 11) is -0.259. The Balaban J connectivity index is 1.51. The molecule has 4 aromatic rings. The van der Waals surface area contributed by atoms with E-state index in [0.29, 0.717) is 25.1 Å². The van der Waals surface area contributed by atoms with Gasteiger partial charge in [0, 0.05) is 30.8 Å². The number of amidine groups is 1. The van der Waals surface area contributed by atoms with Gasteiger partial charge in [-0.15, -0.1) is 0 Å². The molecule has 3 N–H and O–H groups in total. The number of nitrogens with zero attached hydrogens (tertiary/aromatic N) is 6. The minimum atomic E-state index is -2.01. The first kappa shape index (κ1) is 30.8. The summed E-state index contributed by atoms with van der Waals surface area (Å²) < 4.78 is 59.9. The highest BCUT2D eigenvalue weighted by molar-refractivity contribution is 7.85. The number of carbonyl (C=O) groups is 1. The molecule has 0 spiro atoms. The van der Waals surface area contributed by atoms with Gasteiger partial charge in [0.25, 0.3) is 5.88 Å². The summed E-state index contributed by atoms with van der Waals surface area (Å²) in [6.07, 6.45) is 1.79. The third kappa shape index (κ3) is 6.33. The first-order chi connectivity index (χ1) is 21.6. The van der Waals surface area contributed by atoms with Crippen LogP contribution in [0.1, 0.15) is 28.4 Å². The third-order valence-electron chi connectivity index (χ3n) is 6.33. The van der Waals surface area contributed by atoms with Crippen molar-refractivity contribution in [1.29, 1.82) is 5.26 Å². The molecule has 0 bridgehead atoms. The Morgan fingerprint density at radius 3 is 2.64 bits per heavy atom. The number of aliphatic imine (C=N–C) groups is 1. The van der Waals surface area contributed by atoms with Gasteiger partial charge in [0.1, 0.15) is 33.8 Å². The Labute approximate surface area is 257 Å². The lowest BCUT2D eigenvalue weighted by molar-refractivity contribution is 0.0526. The minimum absolute atomic E-state index is 0.0504. The number of rotatable bonds is 9. The number of anilines is 1. The van der Waals surface area contributed by atoms with E-state index >= 15 is 4.39 Å². The second-order valence-corrected chi connectivity index (χ2v) is 10.7. The summed E-state index contributed by atoms with van der Waals surface area (Å²) in [5.41, 5.74) is 6.17. The number of esters is 1. The van der Waals surface area contributed by atoms with Gasteiger partial charge in [-0.3, -0.25) is 4.99 Å². The maximum Gasteiger partial charge on any atom is 0.343 e. The number of aromatic hydroxyl groups is 1. The summed E-state index contributed by atoms with van der Waals surface area (Å²) >= 11 is 0. The molecule has 0 saturated heterocycles. The molecule has 1 aliphatic heterocycles. The zero-order valence-corrected chi connectivity index (χ0v) is 24.5. The Hall–Kier alpha value is -5.69. The topological polar surface area (TPSA) is 186 Å². The Bertz CT molecular complexity index is 1920. The van der Waals surface area contributed by atoms with Crippen molar-refractivity contribution < 1.29 is 37.1 Å². The molecule has 1 unspecified atom stereocenters. The zero-order chi connectivity index (χ0) is 32.2. The molecule has 3 heterocycles. The summed E-state index contributed by atoms with van der Waals surface area (Å²) in [5.74, 6) is -5.40. The number of nitrogen functional groups attached to an aromatic ring is 1. The van der Waals surface area contributed by atoms with Crippen LogP contribution < -0.4 is 15.2 Å². The van der Waals surface area contributed by atoms with Crippen LogP contribution in [-0.4, -0.2) is 67.7 Å². The van der Waals surface area contributed by atoms with Gasteiger partial charge < -0.3 is 30.0 Å². The molecule has 2 aromatic carbocycles. The number of aromatic nitrogens is 3. The van der Waals surface area contributed by atoms with Crippen LogP contribution in [0.2, 0.25) is 0 Å². The lowest BCUT2D eigenvalue weighted by atomic mass is 10.1. The molecule has 0 fully saturated rings. The number of nitriles is 1. The van der Waals surface area contributed by atoms with Gasteiger partial charge in [-0.05, 0) is 37.3 Å². The Morgan fingerprint density at radius 2 is 1.96 bits per heavy atom. The van der Waals surface area contributed by atoms with E-state index in [0.717, 1.165) is 12.3 Å². The number of hydrogen-bond acceptors (Lipinski definition) is 13. The normalized spacial score (nSPS) is 13.1. The molecule has 0 amide bonds. The van der Waals surface area contributed by atoms with Gasteiger partial charge in [0.05, 0.1) is 36.5 Å². The zero-order valence-electron chi connectivity index (χ0n) is 23.7. The lowest BCUT2D eigenvalue weighted by Gasteiger charge is -2.19. The van der Waals surface area contributed by atoms with E-state index in [2.05, 4.69) is 19.9 Å². The van der Waals surface area contributed by atoms with Gasteiger partial charge in [-0.25, -0.2) is 28.3 Å². The summed E-state index contributed by atoms with van der Waals surface area (Å²) in [5, 5.41) is 19.0. The van der Waals surface area contributed by atoms with E-state index in [4.69, 9.17) is 25.2 Å². The predicted molar refractivity (Wildman–Crippen MR) is 155 cm³/mol. The monoisotopic (exact) mass is 635 g/mol. The van der Waals surface area contributed by atoms with Crippen molar-refractivity contribution in [2.75, 3.05) is 32.5 Å². The molecular weight excluding hydrogens is 612 g/mol. The summed E-state index contributed by atoms with van der Waals surface area (Å²) in [6, 6.07) is 9.70. The highest BCUT2D eigenvalue weighted by atomic mass is 32.2. The van der Waals surface area contributed by atoms with Crippen molar-refractivity contribution in [3.05, 3.63) is 77.1 Å². The molecule has 45 heavy (non-hydrogen) atoms. The summed E-state index contributed by atoms with van der Waals surface area (Å²) in [6.45, 7) is 2.71. The molecule has 1 atom stereocenters. The third-order valence-corrected chi connectivity index (χ3v) is 7.54. The van der Waals surface area contributed by atoms with Crippen molar-refractivity contribution in [3.63, 3.8) is 0 Å². The van der Waals surface area contributed by atoms with Crippen molar-refractivity contribution in [1.82, 2.24) is 19.9 Å². The van der Waals surface area contributed by atoms with Crippen LogP contribution in [0.15, 0.2) is 63.8 Å². The number of ether oxygens (including phenoxy) is 3. The van der Waals surface area contributed by atoms with E-state index in [1.807, 2.05) is 6.07 Å². The van der Waals surface area contributed by atoms with Crippen LogP contribution in [0.4, 0.5) is 14.6 Å². The van der Waals surface area contributed by atoms with Gasteiger partial charge in [0.2, 0.25) is 16.7 Å². The van der Waals surface area contributed by atoms with Gasteiger partial charge in [-0.2, -0.15) is 9.65 Å². The SMILES string of the molecule is CCOC(=O)c1cnc(S(=O)c2ccc(Oc3c(F)cnc(Oc4cc(C#N)ccc4O)c3F)c(C3=NCCN3C)c2)nc1N. The predicted octanol–water partition coefficient (Wildman–Crippen LogP) is 3.93. The van der Waals surface area contributed by atoms with Crippen molar-refractivity contribution in [2.24, 2.45) is 4.99 Å². The largest absolute Gasteiger partial charge is 0.504 e. The number of pyridine rings is 1. The molecule has 5 rings (SSSR count). The van der Waals surface area contributed by atoms with Crippen LogP contribution in [0.25, 0.3) is 0 Å². The van der Waals surface area contributed by atoms with Crippen molar-refractivity contribution >= 4 is 28.4 Å². The van der Waals surface area contributed by atoms with Crippen LogP contribution in [0, 0.1) is 23.0 Å². The fourth-order valence-corrected chi connectivity index (χ4v) is 5.08. The van der Waals surface area contributed by atoms with Crippen LogP contribution in [0.5, 0.6) is 28.9 Å². The first-order valence-electron chi connectivity index (χ1n) is 13.2. The molecule has 230 valence electrons. The van der Waals surface area contributed by atoms with E-state index < -0.39 is 45.8 Å². The second-order valence-electron chi connectivity index (χ2n) is 9.28. The average Bonchev–Trinajstić information content (AvgIpc) is 3.46. The quantitative estimate of drug-likeness (QED) is 0.200. The van der Waals surface area contributed by atoms with Crippen LogP contribution >= 0.6 is 0 Å². The number of likely N-dealkylation sites (N-methyl/N-ethyl adjacent to an activating group) is 1. The molecule has 13 nitrogen and oxygen atoms in total. The smallest absolute Gasteiger partial charge is 0.343 e. The van der Waals surface area contributed by atoms with E-state index in [9.17, 15) is 18.5 Å². The van der Waals surface area contributed by atoms with E-state index in [1.54, 1.807) is 18.9 Å². The molecule has 0 saturated carbocycles. The second kappa shape index (κ2) is 12.9. The highest BCUT2D eigenvalue weighted by Gasteiger charge is 2.26. The van der Waals surface area contributed by atoms with Crippen molar-refractivity contribution in [2.45, 2.75) is 17.0 Å². The number of phenols is 1. The summed E-state index contributed by atoms with van der Waals surface area (Å²) in [4.78, 5) is 30.1. The number of halogens is 2. The Kier molecular flexibility index (Phi) is 8.81. The molecule has 16 heteroatoms. The number of benzene rings is 2. The van der Waals surface area contributed by atoms with Gasteiger partial charge in [-0.1, -0.05) is 0 Å². The van der Waals surface area contributed by atoms with E-state index in [-0.39, 0.29) is 50.7 Å². The maximum atomic E-state index is 15.6. The fraction of sp³-hybridized carbons (Fsp3) is 0.172. The first-order valence-corrected chi connectivity index (χ1v) is 14.3. The number of carbonyl (C=O) groups excluding carboxylic acids is 1. The van der Waals surface area contributed by atoms with Gasteiger partial charge in [0.15, 0.2) is 17.3 Å². The standard InChI is InChI=1S/C29H23F2N7O6S/c1-3-42-28(40)18-13-36-29(37-25(18)33)45(41)16-5-7-21(17(11-16)26-34-8-9-38(26)2)43-24-19(30)14-35-27(23(24)31)44-22-10-15(12-32)4-6-20(22)39/h4-7,10-11,13-14,39H,3,8-9H2,1-2H3,(H2,33,36,37). The highest BCUT2D eigenvalue weighted by Crippen LogP contribution is 2.38. The molecule has 1 aliphatic rings. The number of hydrogen-bond donors (Lipinski definition) is 2. The number of nitrogens with two attached hydrogens (primary N) is 1. The van der Waals surface area contributed by atoms with Crippen LogP contribution in [-0.2, 0) is 15.5 Å². The molecule has 2 aromatic heterocycles. The van der Waals surface area contributed by atoms with Gasteiger partial charge >= 0.3 is 5.97 Å². The fourth-order valence-electron chi connectivity index (χ4n) is 4.13. The molecular formula is C29H23F2N7O6S. The van der Waals surface area contributed by atoms with E-state index in [1.165, 1.54) is 30.3 Å². The minimum Gasteiger partial charge on any atom is -0.504 e. The lowest BCUT2D eigenvalue weighted by Crippen LogP contribution is -2.24. The van der Waals surface area contributed by atoms with Crippen LogP contribution in [0.3, 0.4) is 0 Å². The molecule has 0 radical (unpaired) electrons.